The number of aromatic nitrogens is 2. The summed E-state index contributed by atoms with van der Waals surface area (Å²) in [4.78, 5) is 6.83. The molecule has 1 atom stereocenters. The molecule has 2 aromatic carbocycles. The lowest BCUT2D eigenvalue weighted by molar-refractivity contribution is 0.340. The maximum absolute atomic E-state index is 5.78. The molecule has 1 aromatic heterocycles. The van der Waals surface area contributed by atoms with Gasteiger partial charge in [-0.3, -0.25) is 0 Å². The van der Waals surface area contributed by atoms with Gasteiger partial charge in [0.25, 0.3) is 5.89 Å². The molecule has 0 amide bonds. The highest BCUT2D eigenvalue weighted by atomic mass is 32.1. The first-order chi connectivity index (χ1) is 16.0. The number of nitrogens with zero attached hydrogens (tertiary/aromatic N) is 3. The highest BCUT2D eigenvalue weighted by Crippen LogP contribution is 2.38. The van der Waals surface area contributed by atoms with Crippen LogP contribution in [0.3, 0.4) is 0 Å². The Bertz CT molecular complexity index is 1140. The molecule has 2 heterocycles. The van der Waals surface area contributed by atoms with Crippen LogP contribution in [-0.4, -0.2) is 40.4 Å². The molecule has 3 aromatic rings. The fraction of sp³-hybridized carbons (Fsp3) is 0.320. The minimum atomic E-state index is -0.217. The first kappa shape index (κ1) is 22.8. The van der Waals surface area contributed by atoms with Gasteiger partial charge in [-0.15, -0.1) is 0 Å². The van der Waals surface area contributed by atoms with Gasteiger partial charge in [0.15, 0.2) is 5.11 Å². The van der Waals surface area contributed by atoms with Gasteiger partial charge >= 0.3 is 0 Å². The summed E-state index contributed by atoms with van der Waals surface area (Å²) < 4.78 is 16.6. The van der Waals surface area contributed by atoms with Crippen LogP contribution in [0.15, 0.2) is 58.8 Å². The number of thiocarbonyl (C=S) groups is 1. The number of hydrogen-bond acceptors (Lipinski definition) is 6. The topological polar surface area (TPSA) is 72.7 Å². The molecular weight excluding hydrogens is 436 g/mol. The van der Waals surface area contributed by atoms with E-state index in [-0.39, 0.29) is 6.04 Å². The van der Waals surface area contributed by atoms with Crippen LogP contribution < -0.4 is 14.8 Å². The first-order valence-electron chi connectivity index (χ1n) is 11.1. The average Bonchev–Trinajstić information content (AvgIpc) is 3.32. The smallest absolute Gasteiger partial charge is 0.258 e. The summed E-state index contributed by atoms with van der Waals surface area (Å²) in [6, 6.07) is 15.4. The number of hydrogen-bond donors (Lipinski definition) is 1. The van der Waals surface area contributed by atoms with Gasteiger partial charge in [0.2, 0.25) is 5.82 Å². The molecule has 0 radical (unpaired) electrons. The summed E-state index contributed by atoms with van der Waals surface area (Å²) in [7, 11) is 1.64. The van der Waals surface area contributed by atoms with Gasteiger partial charge in [-0.1, -0.05) is 24.2 Å². The minimum Gasteiger partial charge on any atom is -0.497 e. The van der Waals surface area contributed by atoms with Crippen molar-refractivity contribution in [3.05, 3.63) is 65.7 Å². The molecule has 0 saturated carbocycles. The van der Waals surface area contributed by atoms with Crippen LogP contribution in [0.5, 0.6) is 11.5 Å². The highest BCUT2D eigenvalue weighted by molar-refractivity contribution is 7.80. The van der Waals surface area contributed by atoms with Gasteiger partial charge in [-0.25, -0.2) is 0 Å². The molecule has 4 rings (SSSR count). The SMILES string of the molecule is CCCN1C(=S)NC(c2ccc(OCC)cc2)C(c2nc(-c3ccc(OC)cc3)no2)=C1C. The van der Waals surface area contributed by atoms with E-state index in [1.807, 2.05) is 55.5 Å². The summed E-state index contributed by atoms with van der Waals surface area (Å²) >= 11 is 5.70. The van der Waals surface area contributed by atoms with Crippen molar-refractivity contribution in [3.8, 4) is 22.9 Å². The highest BCUT2D eigenvalue weighted by Gasteiger charge is 2.33. The maximum atomic E-state index is 5.78. The van der Waals surface area contributed by atoms with Gasteiger partial charge in [0.05, 0.1) is 25.3 Å². The van der Waals surface area contributed by atoms with Crippen LogP contribution in [0.2, 0.25) is 0 Å². The molecule has 1 aliphatic heterocycles. The fourth-order valence-electron chi connectivity index (χ4n) is 3.91. The molecule has 8 heteroatoms. The van der Waals surface area contributed by atoms with Crippen molar-refractivity contribution in [1.29, 1.82) is 0 Å². The Morgan fingerprint density at radius 1 is 1.06 bits per heavy atom. The third-order valence-corrected chi connectivity index (χ3v) is 5.91. The van der Waals surface area contributed by atoms with Crippen molar-refractivity contribution in [1.82, 2.24) is 20.4 Å². The minimum absolute atomic E-state index is 0.217. The van der Waals surface area contributed by atoms with Crippen LogP contribution in [0.25, 0.3) is 17.0 Å². The zero-order valence-electron chi connectivity index (χ0n) is 19.3. The molecule has 0 spiro atoms. The Labute approximate surface area is 199 Å². The standard InChI is InChI=1S/C25H28N4O3S/c1-5-15-29-16(3)21(22(26-25(29)33)17-7-13-20(14-8-17)31-6-2)24-27-23(28-32-24)18-9-11-19(30-4)12-10-18/h7-14,22H,5-6,15H2,1-4H3,(H,26,33). The molecule has 1 aliphatic rings. The van der Waals surface area contributed by atoms with Crippen LogP contribution in [0.4, 0.5) is 0 Å². The Morgan fingerprint density at radius 2 is 1.76 bits per heavy atom. The second kappa shape index (κ2) is 10.0. The van der Waals surface area contributed by atoms with E-state index in [0.29, 0.717) is 23.4 Å². The number of nitrogens with one attached hydrogen (secondary N) is 1. The van der Waals surface area contributed by atoms with E-state index in [0.717, 1.165) is 46.9 Å². The van der Waals surface area contributed by atoms with Gasteiger partial charge in [0.1, 0.15) is 11.5 Å². The molecule has 7 nitrogen and oxygen atoms in total. The third-order valence-electron chi connectivity index (χ3n) is 5.57. The molecule has 1 unspecified atom stereocenters. The van der Waals surface area contributed by atoms with Gasteiger partial charge in [-0.2, -0.15) is 4.98 Å². The van der Waals surface area contributed by atoms with Gasteiger partial charge in [-0.05, 0) is 74.4 Å². The lowest BCUT2D eigenvalue weighted by atomic mass is 9.94. The van der Waals surface area contributed by atoms with Crippen molar-refractivity contribution >= 4 is 22.9 Å². The van der Waals surface area contributed by atoms with E-state index >= 15 is 0 Å². The van der Waals surface area contributed by atoms with Gasteiger partial charge < -0.3 is 24.2 Å². The second-order valence-electron chi connectivity index (χ2n) is 7.69. The molecule has 1 N–H and O–H groups in total. The summed E-state index contributed by atoms with van der Waals surface area (Å²) in [5, 5.41) is 8.41. The molecule has 172 valence electrons. The lowest BCUT2D eigenvalue weighted by Crippen LogP contribution is -2.46. The average molecular weight is 465 g/mol. The van der Waals surface area contributed by atoms with Crippen LogP contribution in [-0.2, 0) is 0 Å². The zero-order chi connectivity index (χ0) is 23.4. The predicted octanol–water partition coefficient (Wildman–Crippen LogP) is 5.22. The number of allylic oxidation sites excluding steroid dienone is 1. The Kier molecular flexibility index (Phi) is 6.93. The predicted molar refractivity (Wildman–Crippen MR) is 132 cm³/mol. The van der Waals surface area contributed by atoms with E-state index in [2.05, 4.69) is 29.2 Å². The van der Waals surface area contributed by atoms with E-state index in [1.165, 1.54) is 0 Å². The van der Waals surface area contributed by atoms with Crippen molar-refractivity contribution in [2.24, 2.45) is 0 Å². The number of ether oxygens (including phenoxy) is 2. The maximum Gasteiger partial charge on any atom is 0.258 e. The van der Waals surface area contributed by atoms with Crippen molar-refractivity contribution < 1.29 is 14.0 Å². The largest absolute Gasteiger partial charge is 0.497 e. The summed E-state index contributed by atoms with van der Waals surface area (Å²) in [6.45, 7) is 7.57. The van der Waals surface area contributed by atoms with Crippen LogP contribution >= 0.6 is 12.2 Å². The van der Waals surface area contributed by atoms with E-state index in [1.54, 1.807) is 7.11 Å². The molecule has 0 bridgehead atoms. The summed E-state index contributed by atoms with van der Waals surface area (Å²) in [5.41, 5.74) is 3.81. The molecule has 0 saturated heterocycles. The molecule has 33 heavy (non-hydrogen) atoms. The van der Waals surface area contributed by atoms with E-state index < -0.39 is 0 Å². The van der Waals surface area contributed by atoms with Crippen molar-refractivity contribution in [3.63, 3.8) is 0 Å². The van der Waals surface area contributed by atoms with E-state index in [9.17, 15) is 0 Å². The number of methoxy groups -OCH3 is 1. The lowest BCUT2D eigenvalue weighted by Gasteiger charge is -2.37. The van der Waals surface area contributed by atoms with Gasteiger partial charge in [0, 0.05) is 17.8 Å². The van der Waals surface area contributed by atoms with E-state index in [4.69, 9.17) is 31.2 Å². The fourth-order valence-corrected chi connectivity index (χ4v) is 4.26. The second-order valence-corrected chi connectivity index (χ2v) is 8.07. The summed E-state index contributed by atoms with van der Waals surface area (Å²) in [6.07, 6.45) is 0.959. The zero-order valence-corrected chi connectivity index (χ0v) is 20.1. The number of benzene rings is 2. The molecule has 0 fully saturated rings. The Hall–Kier alpha value is -3.39. The normalized spacial score (nSPS) is 16.1. The first-order valence-corrected chi connectivity index (χ1v) is 11.5. The van der Waals surface area contributed by atoms with Crippen LogP contribution in [0, 0.1) is 0 Å². The van der Waals surface area contributed by atoms with Crippen molar-refractivity contribution in [2.45, 2.75) is 33.2 Å². The van der Waals surface area contributed by atoms with Crippen LogP contribution in [0.1, 0.15) is 44.7 Å². The molecular formula is C25H28N4O3S. The Balaban J connectivity index is 1.75. The third kappa shape index (κ3) is 4.71. The number of rotatable bonds is 8. The Morgan fingerprint density at radius 3 is 2.39 bits per heavy atom. The molecule has 0 aliphatic carbocycles. The monoisotopic (exact) mass is 464 g/mol. The summed E-state index contributed by atoms with van der Waals surface area (Å²) in [5.74, 6) is 2.59. The quantitative estimate of drug-likeness (QED) is 0.455. The van der Waals surface area contributed by atoms with Crippen molar-refractivity contribution in [2.75, 3.05) is 20.3 Å².